The number of rotatable bonds is 2. The van der Waals surface area contributed by atoms with E-state index in [4.69, 9.17) is 5.73 Å². The highest BCUT2D eigenvalue weighted by molar-refractivity contribution is 5.66. The number of nitrogen functional groups attached to an aromatic ring is 1. The Labute approximate surface area is 110 Å². The van der Waals surface area contributed by atoms with Crippen LogP contribution in [0, 0.1) is 5.92 Å². The summed E-state index contributed by atoms with van der Waals surface area (Å²) >= 11 is 0. The van der Waals surface area contributed by atoms with Crippen molar-refractivity contribution in [1.82, 2.24) is 9.78 Å². The molecule has 1 aliphatic rings. The van der Waals surface area contributed by atoms with Gasteiger partial charge >= 0.3 is 6.18 Å². The molecule has 0 spiro atoms. The van der Waals surface area contributed by atoms with Crippen LogP contribution >= 0.6 is 0 Å². The van der Waals surface area contributed by atoms with Crippen LogP contribution in [0.25, 0.3) is 0 Å². The largest absolute Gasteiger partial charge is 0.394 e. The van der Waals surface area contributed by atoms with Crippen molar-refractivity contribution in [3.63, 3.8) is 0 Å². The van der Waals surface area contributed by atoms with E-state index < -0.39 is 12.1 Å². The second-order valence-corrected chi connectivity index (χ2v) is 4.96. The van der Waals surface area contributed by atoms with E-state index in [0.717, 1.165) is 17.9 Å². The number of alkyl halides is 3. The van der Waals surface area contributed by atoms with Gasteiger partial charge in [0.25, 0.3) is 0 Å². The smallest absolute Gasteiger partial charge is 0.391 e. The minimum absolute atomic E-state index is 0.121. The molecule has 2 N–H and O–H groups in total. The van der Waals surface area contributed by atoms with Crippen LogP contribution in [-0.4, -0.2) is 29.0 Å². The summed E-state index contributed by atoms with van der Waals surface area (Å²) in [5, 5.41) is 4.30. The summed E-state index contributed by atoms with van der Waals surface area (Å²) < 4.78 is 39.6. The van der Waals surface area contributed by atoms with Gasteiger partial charge in [-0.1, -0.05) is 6.92 Å². The fourth-order valence-electron chi connectivity index (χ4n) is 2.64. The molecule has 1 aliphatic heterocycles. The highest BCUT2D eigenvalue weighted by Crippen LogP contribution is 2.36. The summed E-state index contributed by atoms with van der Waals surface area (Å²) in [6, 6.07) is 0. The lowest BCUT2D eigenvalue weighted by molar-refractivity contribution is -0.179. The summed E-state index contributed by atoms with van der Waals surface area (Å²) in [7, 11) is 1.78. The quantitative estimate of drug-likeness (QED) is 0.902. The summed E-state index contributed by atoms with van der Waals surface area (Å²) in [6.07, 6.45) is -3.12. The minimum Gasteiger partial charge on any atom is -0.394 e. The normalized spacial score (nSPS) is 18.1. The van der Waals surface area contributed by atoms with E-state index in [1.54, 1.807) is 11.7 Å². The van der Waals surface area contributed by atoms with E-state index in [2.05, 4.69) is 5.10 Å². The number of nitrogens with zero attached hydrogens (tertiary/aromatic N) is 3. The molecule has 0 amide bonds. The Bertz CT molecular complexity index is 445. The van der Waals surface area contributed by atoms with Crippen LogP contribution in [0.3, 0.4) is 0 Å². The molecule has 1 saturated heterocycles. The first kappa shape index (κ1) is 14.0. The molecule has 0 bridgehead atoms. The summed E-state index contributed by atoms with van der Waals surface area (Å²) in [5.41, 5.74) is 7.41. The molecule has 1 aromatic heterocycles. The predicted octanol–water partition coefficient (Wildman–Crippen LogP) is 2.34. The van der Waals surface area contributed by atoms with Crippen LogP contribution in [-0.2, 0) is 13.5 Å². The number of anilines is 2. The SMILES string of the molecule is CCc1nn(C)c(N2CCC(C(F)(F)F)CC2)c1N. The van der Waals surface area contributed by atoms with Crippen LogP contribution < -0.4 is 10.6 Å². The third kappa shape index (κ3) is 2.64. The molecule has 7 heteroatoms. The summed E-state index contributed by atoms with van der Waals surface area (Å²) in [5.74, 6) is -0.443. The maximum atomic E-state index is 12.6. The van der Waals surface area contributed by atoms with Gasteiger partial charge in [0.1, 0.15) is 5.82 Å². The molecular weight excluding hydrogens is 257 g/mol. The maximum absolute atomic E-state index is 12.6. The molecule has 0 unspecified atom stereocenters. The van der Waals surface area contributed by atoms with Crippen LogP contribution in [0.2, 0.25) is 0 Å². The first-order chi connectivity index (χ1) is 8.84. The van der Waals surface area contributed by atoms with Crippen molar-refractivity contribution in [1.29, 1.82) is 0 Å². The molecule has 108 valence electrons. The Balaban J connectivity index is 2.12. The minimum atomic E-state index is -4.08. The van der Waals surface area contributed by atoms with Crippen molar-refractivity contribution in [3.05, 3.63) is 5.69 Å². The van der Waals surface area contributed by atoms with E-state index in [0.29, 0.717) is 18.8 Å². The van der Waals surface area contributed by atoms with Crippen LogP contribution in [0.5, 0.6) is 0 Å². The number of nitrogens with two attached hydrogens (primary N) is 1. The number of aryl methyl sites for hydroxylation is 2. The molecule has 0 atom stereocenters. The Kier molecular flexibility index (Phi) is 3.64. The molecule has 0 aromatic carbocycles. The molecule has 0 saturated carbocycles. The second-order valence-electron chi connectivity index (χ2n) is 4.96. The Morgan fingerprint density at radius 2 is 1.89 bits per heavy atom. The Hall–Kier alpha value is -1.40. The second kappa shape index (κ2) is 4.94. The van der Waals surface area contributed by atoms with Crippen molar-refractivity contribution in [3.8, 4) is 0 Å². The molecule has 0 radical (unpaired) electrons. The van der Waals surface area contributed by atoms with E-state index >= 15 is 0 Å². The first-order valence-corrected chi connectivity index (χ1v) is 6.47. The van der Waals surface area contributed by atoms with Gasteiger partial charge in [0.2, 0.25) is 0 Å². The van der Waals surface area contributed by atoms with Crippen molar-refractivity contribution >= 4 is 11.5 Å². The fraction of sp³-hybridized carbons (Fsp3) is 0.750. The molecule has 4 nitrogen and oxygen atoms in total. The zero-order chi connectivity index (χ0) is 14.2. The van der Waals surface area contributed by atoms with Crippen LogP contribution in [0.4, 0.5) is 24.7 Å². The molecule has 19 heavy (non-hydrogen) atoms. The molecule has 1 fully saturated rings. The average Bonchev–Trinajstić information content (AvgIpc) is 2.63. The lowest BCUT2D eigenvalue weighted by atomic mass is 9.96. The zero-order valence-corrected chi connectivity index (χ0v) is 11.2. The van der Waals surface area contributed by atoms with Crippen molar-refractivity contribution < 1.29 is 13.2 Å². The Morgan fingerprint density at radius 1 is 1.32 bits per heavy atom. The maximum Gasteiger partial charge on any atom is 0.391 e. The van der Waals surface area contributed by atoms with Gasteiger partial charge in [-0.25, -0.2) is 0 Å². The number of hydrogen-bond donors (Lipinski definition) is 1. The van der Waals surface area contributed by atoms with Gasteiger partial charge in [-0.2, -0.15) is 18.3 Å². The van der Waals surface area contributed by atoms with Crippen LogP contribution in [0.15, 0.2) is 0 Å². The van der Waals surface area contributed by atoms with Crippen LogP contribution in [0.1, 0.15) is 25.5 Å². The van der Waals surface area contributed by atoms with Gasteiger partial charge in [0, 0.05) is 20.1 Å². The highest BCUT2D eigenvalue weighted by atomic mass is 19.4. The third-order valence-corrected chi connectivity index (χ3v) is 3.72. The number of aromatic nitrogens is 2. The average molecular weight is 276 g/mol. The van der Waals surface area contributed by atoms with Crippen molar-refractivity contribution in [2.24, 2.45) is 13.0 Å². The highest BCUT2D eigenvalue weighted by Gasteiger charge is 2.41. The molecule has 1 aromatic rings. The summed E-state index contributed by atoms with van der Waals surface area (Å²) in [4.78, 5) is 1.91. The number of piperidine rings is 1. The lowest BCUT2D eigenvalue weighted by Gasteiger charge is -2.34. The molecular formula is C12H19F3N4. The van der Waals surface area contributed by atoms with E-state index in [1.165, 1.54) is 0 Å². The number of hydrogen-bond acceptors (Lipinski definition) is 3. The van der Waals surface area contributed by atoms with Gasteiger partial charge < -0.3 is 10.6 Å². The van der Waals surface area contributed by atoms with E-state index in [9.17, 15) is 13.2 Å². The zero-order valence-electron chi connectivity index (χ0n) is 11.2. The number of halogens is 3. The fourth-order valence-corrected chi connectivity index (χ4v) is 2.64. The molecule has 0 aliphatic carbocycles. The molecule has 2 rings (SSSR count). The van der Waals surface area contributed by atoms with E-state index in [1.807, 2.05) is 11.8 Å². The monoisotopic (exact) mass is 276 g/mol. The van der Waals surface area contributed by atoms with Gasteiger partial charge in [-0.05, 0) is 19.3 Å². The summed E-state index contributed by atoms with van der Waals surface area (Å²) in [6.45, 7) is 2.70. The van der Waals surface area contributed by atoms with Gasteiger partial charge in [0.15, 0.2) is 0 Å². The van der Waals surface area contributed by atoms with Crippen molar-refractivity contribution in [2.45, 2.75) is 32.4 Å². The van der Waals surface area contributed by atoms with E-state index in [-0.39, 0.29) is 12.8 Å². The first-order valence-electron chi connectivity index (χ1n) is 6.47. The predicted molar refractivity (Wildman–Crippen MR) is 68.0 cm³/mol. The van der Waals surface area contributed by atoms with Gasteiger partial charge in [0.05, 0.1) is 17.3 Å². The topological polar surface area (TPSA) is 47.1 Å². The van der Waals surface area contributed by atoms with Crippen molar-refractivity contribution in [2.75, 3.05) is 23.7 Å². The van der Waals surface area contributed by atoms with Gasteiger partial charge in [-0.15, -0.1) is 0 Å². The Morgan fingerprint density at radius 3 is 2.32 bits per heavy atom. The standard InChI is InChI=1S/C12H19F3N4/c1-3-9-10(16)11(18(2)17-9)19-6-4-8(5-7-19)12(13,14)15/h8H,3-7,16H2,1-2H3. The van der Waals surface area contributed by atoms with Gasteiger partial charge in [-0.3, -0.25) is 4.68 Å². The lowest BCUT2D eigenvalue weighted by Crippen LogP contribution is -2.40. The molecule has 2 heterocycles. The third-order valence-electron chi connectivity index (χ3n) is 3.72.